The van der Waals surface area contributed by atoms with Crippen molar-refractivity contribution in [2.45, 2.75) is 57.4 Å². The molecule has 0 spiro atoms. The molecule has 2 rings (SSSR count). The van der Waals surface area contributed by atoms with Crippen molar-refractivity contribution in [2.24, 2.45) is 5.73 Å². The minimum Gasteiger partial charge on any atom is -0.598 e. The van der Waals surface area contributed by atoms with Gasteiger partial charge in [0.2, 0.25) is 0 Å². The van der Waals surface area contributed by atoms with Crippen LogP contribution in [0.4, 0.5) is 4.39 Å². The lowest BCUT2D eigenvalue weighted by molar-refractivity contribution is 0.154. The summed E-state index contributed by atoms with van der Waals surface area (Å²) in [5.74, 6) is 0.260. The molecule has 1 aromatic carbocycles. The van der Waals surface area contributed by atoms with Crippen LogP contribution in [0.3, 0.4) is 0 Å². The summed E-state index contributed by atoms with van der Waals surface area (Å²) in [5.41, 5.74) is 6.89. The van der Waals surface area contributed by atoms with Crippen LogP contribution in [0.25, 0.3) is 0 Å². The number of fused-ring (bicyclic) bond motifs is 1. The maximum Gasteiger partial charge on any atom is 0.149 e. The molecule has 1 aliphatic rings. The van der Waals surface area contributed by atoms with Gasteiger partial charge in [-0.3, -0.25) is 0 Å². The summed E-state index contributed by atoms with van der Waals surface area (Å²) in [5, 5.41) is 0. The van der Waals surface area contributed by atoms with Gasteiger partial charge < -0.3 is 15.0 Å². The van der Waals surface area contributed by atoms with Crippen molar-refractivity contribution in [3.05, 3.63) is 41.4 Å². The highest BCUT2D eigenvalue weighted by molar-refractivity contribution is 7.90. The van der Waals surface area contributed by atoms with Crippen LogP contribution in [0.5, 0.6) is 5.75 Å². The molecule has 128 valence electrons. The lowest BCUT2D eigenvalue weighted by atomic mass is 9.95. The Bertz CT molecular complexity index is 630. The monoisotopic (exact) mass is 340 g/mol. The second-order valence-corrected chi connectivity index (χ2v) is 9.24. The standard InChI is InChI=1S/C17H25FN2O2S/c1-10(20-23(21)16(3,4)5)14-8-13(18)7-12-9-17(6,11(2)19)22-15(12)14/h7-8,10,20H,2,9,19H2,1,3-6H3/t10-,17-,23-/m1/s1. The Morgan fingerprint density at radius 2 is 2.13 bits per heavy atom. The fourth-order valence-corrected chi connectivity index (χ4v) is 3.26. The third-order valence-corrected chi connectivity index (χ3v) is 5.68. The van der Waals surface area contributed by atoms with Gasteiger partial charge in [0.15, 0.2) is 0 Å². The van der Waals surface area contributed by atoms with Crippen molar-refractivity contribution >= 4 is 11.4 Å². The Morgan fingerprint density at radius 1 is 1.52 bits per heavy atom. The van der Waals surface area contributed by atoms with Gasteiger partial charge in [-0.2, -0.15) is 0 Å². The Balaban J connectivity index is 2.34. The second kappa shape index (κ2) is 6.00. The predicted molar refractivity (Wildman–Crippen MR) is 91.9 cm³/mol. The summed E-state index contributed by atoms with van der Waals surface area (Å²) < 4.78 is 34.9. The largest absolute Gasteiger partial charge is 0.598 e. The number of nitrogens with two attached hydrogens (primary N) is 1. The molecule has 0 aromatic heterocycles. The van der Waals surface area contributed by atoms with E-state index in [0.717, 1.165) is 5.56 Å². The molecular formula is C17H25FN2O2S. The summed E-state index contributed by atoms with van der Waals surface area (Å²) in [6.07, 6.45) is 0.470. The molecule has 0 saturated heterocycles. The number of benzene rings is 1. The van der Waals surface area contributed by atoms with Crippen LogP contribution < -0.4 is 15.2 Å². The zero-order valence-corrected chi connectivity index (χ0v) is 15.1. The Morgan fingerprint density at radius 3 is 2.65 bits per heavy atom. The fraction of sp³-hybridized carbons (Fsp3) is 0.529. The molecular weight excluding hydrogens is 315 g/mol. The van der Waals surface area contributed by atoms with E-state index in [4.69, 9.17) is 10.5 Å². The molecule has 0 radical (unpaired) electrons. The van der Waals surface area contributed by atoms with Gasteiger partial charge in [0, 0.05) is 34.6 Å². The van der Waals surface area contributed by atoms with Crippen molar-refractivity contribution < 1.29 is 13.7 Å². The van der Waals surface area contributed by atoms with Crippen LogP contribution in [0, 0.1) is 5.82 Å². The van der Waals surface area contributed by atoms with Gasteiger partial charge >= 0.3 is 0 Å². The minimum atomic E-state index is -1.27. The van der Waals surface area contributed by atoms with E-state index in [9.17, 15) is 8.94 Å². The summed E-state index contributed by atoms with van der Waals surface area (Å²) in [7, 11) is 0. The number of halogens is 1. The lowest BCUT2D eigenvalue weighted by Crippen LogP contribution is -2.40. The second-order valence-electron chi connectivity index (χ2n) is 7.24. The fourth-order valence-electron chi connectivity index (χ4n) is 2.46. The van der Waals surface area contributed by atoms with Crippen LogP contribution in [0.2, 0.25) is 0 Å². The molecule has 1 aromatic rings. The zero-order chi connectivity index (χ0) is 17.6. The molecule has 3 N–H and O–H groups in total. The Hall–Kier alpha value is -1.24. The highest BCUT2D eigenvalue weighted by Gasteiger charge is 2.39. The van der Waals surface area contributed by atoms with Gasteiger partial charge in [0.1, 0.15) is 21.9 Å². The number of nitrogens with one attached hydrogen (secondary N) is 1. The highest BCUT2D eigenvalue weighted by Crippen LogP contribution is 2.42. The Labute approximate surface area is 140 Å². The number of ether oxygens (including phenoxy) is 1. The van der Waals surface area contributed by atoms with E-state index in [1.165, 1.54) is 12.1 Å². The molecule has 0 aliphatic carbocycles. The van der Waals surface area contributed by atoms with E-state index >= 15 is 0 Å². The highest BCUT2D eigenvalue weighted by atomic mass is 32.2. The van der Waals surface area contributed by atoms with E-state index in [-0.39, 0.29) is 11.9 Å². The van der Waals surface area contributed by atoms with E-state index in [0.29, 0.717) is 23.4 Å². The summed E-state index contributed by atoms with van der Waals surface area (Å²) >= 11 is -1.27. The smallest absolute Gasteiger partial charge is 0.149 e. The Kier molecular flexibility index (Phi) is 4.72. The molecule has 1 heterocycles. The molecule has 0 bridgehead atoms. The number of hydrogen-bond acceptors (Lipinski definition) is 4. The van der Waals surface area contributed by atoms with E-state index in [2.05, 4.69) is 11.3 Å². The first-order chi connectivity index (χ1) is 10.4. The minimum absolute atomic E-state index is 0.326. The molecule has 6 heteroatoms. The van der Waals surface area contributed by atoms with Gasteiger partial charge in [0.05, 0.1) is 6.04 Å². The van der Waals surface area contributed by atoms with Gasteiger partial charge in [-0.15, -0.1) is 4.72 Å². The van der Waals surface area contributed by atoms with Crippen molar-refractivity contribution in [3.63, 3.8) is 0 Å². The van der Waals surface area contributed by atoms with Crippen LogP contribution in [-0.4, -0.2) is 14.9 Å². The first-order valence-electron chi connectivity index (χ1n) is 7.58. The molecule has 3 atom stereocenters. The average molecular weight is 340 g/mol. The SMILES string of the molecule is C=C(N)[C@@]1(C)Cc2cc(F)cc([C@@H](C)N[S@+]([O-])C(C)(C)C)c2O1. The maximum atomic E-state index is 14.0. The van der Waals surface area contributed by atoms with E-state index in [1.54, 1.807) is 0 Å². The van der Waals surface area contributed by atoms with Gasteiger partial charge in [-0.05, 0) is 46.8 Å². The van der Waals surface area contributed by atoms with E-state index in [1.807, 2.05) is 34.6 Å². The predicted octanol–water partition coefficient (Wildman–Crippen LogP) is 3.10. The molecule has 0 unspecified atom stereocenters. The number of rotatable bonds is 4. The molecule has 0 amide bonds. The van der Waals surface area contributed by atoms with E-state index < -0.39 is 21.7 Å². The molecule has 4 nitrogen and oxygen atoms in total. The molecule has 23 heavy (non-hydrogen) atoms. The van der Waals surface area contributed by atoms with Crippen molar-refractivity contribution in [1.29, 1.82) is 0 Å². The first-order valence-corrected chi connectivity index (χ1v) is 8.73. The average Bonchev–Trinajstić information content (AvgIpc) is 2.74. The van der Waals surface area contributed by atoms with Crippen LogP contribution in [0.1, 0.15) is 51.8 Å². The summed E-state index contributed by atoms with van der Waals surface area (Å²) in [4.78, 5) is 0. The first kappa shape index (κ1) is 18.1. The topological polar surface area (TPSA) is 70.3 Å². The third kappa shape index (κ3) is 3.65. The molecule has 0 saturated carbocycles. The number of hydrogen-bond donors (Lipinski definition) is 2. The maximum absolute atomic E-state index is 14.0. The summed E-state index contributed by atoms with van der Waals surface area (Å²) in [6, 6.07) is 2.55. The van der Waals surface area contributed by atoms with Crippen LogP contribution in [0.15, 0.2) is 24.4 Å². The van der Waals surface area contributed by atoms with Gasteiger partial charge in [0.25, 0.3) is 0 Å². The van der Waals surface area contributed by atoms with Gasteiger partial charge in [-0.25, -0.2) is 4.39 Å². The van der Waals surface area contributed by atoms with Crippen molar-refractivity contribution in [3.8, 4) is 5.75 Å². The normalized spacial score (nSPS) is 23.1. The van der Waals surface area contributed by atoms with Gasteiger partial charge in [-0.1, -0.05) is 6.58 Å². The molecule has 0 fully saturated rings. The lowest BCUT2D eigenvalue weighted by Gasteiger charge is -2.28. The van der Waals surface area contributed by atoms with Crippen LogP contribution in [-0.2, 0) is 17.8 Å². The van der Waals surface area contributed by atoms with Crippen molar-refractivity contribution in [1.82, 2.24) is 4.72 Å². The van der Waals surface area contributed by atoms with Crippen LogP contribution >= 0.6 is 0 Å². The quantitative estimate of drug-likeness (QED) is 0.826. The van der Waals surface area contributed by atoms with Crippen molar-refractivity contribution in [2.75, 3.05) is 0 Å². The summed E-state index contributed by atoms with van der Waals surface area (Å²) in [6.45, 7) is 13.1. The third-order valence-electron chi connectivity index (χ3n) is 4.00. The molecule has 1 aliphatic heterocycles. The zero-order valence-electron chi connectivity index (χ0n) is 14.3.